The van der Waals surface area contributed by atoms with Gasteiger partial charge in [-0.3, -0.25) is 19.8 Å². The highest BCUT2D eigenvalue weighted by Gasteiger charge is 2.30. The van der Waals surface area contributed by atoms with Crippen molar-refractivity contribution in [3.63, 3.8) is 0 Å². The summed E-state index contributed by atoms with van der Waals surface area (Å²) >= 11 is 5.68. The number of nitro groups is 1. The zero-order valence-corrected chi connectivity index (χ0v) is 9.78. The molecular weight excluding hydrogens is 248 g/mol. The average molecular weight is 256 g/mol. The summed E-state index contributed by atoms with van der Waals surface area (Å²) in [5, 5.41) is 10.5. The number of hydrogen-bond acceptors (Lipinski definition) is 5. The molecule has 7 heteroatoms. The lowest BCUT2D eigenvalue weighted by molar-refractivity contribution is -0.384. The van der Waals surface area contributed by atoms with Gasteiger partial charge < -0.3 is 0 Å². The van der Waals surface area contributed by atoms with Crippen molar-refractivity contribution in [1.82, 2.24) is 0 Å². The number of hydrogen-bond donors (Lipinski definition) is 1. The Bertz CT molecular complexity index is 435. The highest BCUT2D eigenvalue weighted by molar-refractivity contribution is 8.11. The van der Waals surface area contributed by atoms with Crippen molar-refractivity contribution >= 4 is 41.7 Å². The van der Waals surface area contributed by atoms with Gasteiger partial charge in [-0.1, -0.05) is 0 Å². The number of amides is 1. The second-order valence-electron chi connectivity index (χ2n) is 3.17. The number of rotatable bonds is 2. The summed E-state index contributed by atoms with van der Waals surface area (Å²) in [4.78, 5) is 23.0. The molecule has 1 fully saturated rings. The van der Waals surface area contributed by atoms with Crippen LogP contribution in [0.2, 0.25) is 0 Å². The standard InChI is InChI=1S/C9H8N2O3S2/c12-8-5-16-9(15)10(8)6-1-3-7(4-2-6)11(13)14/h1-4,9,15H,5H2. The van der Waals surface area contributed by atoms with Crippen molar-refractivity contribution in [2.45, 2.75) is 4.71 Å². The monoisotopic (exact) mass is 256 g/mol. The fourth-order valence-electron chi connectivity index (χ4n) is 1.42. The van der Waals surface area contributed by atoms with Gasteiger partial charge in [0.2, 0.25) is 5.91 Å². The molecule has 2 rings (SSSR count). The molecular formula is C9H8N2O3S2. The number of benzene rings is 1. The smallest absolute Gasteiger partial charge is 0.269 e. The first-order valence-electron chi connectivity index (χ1n) is 4.46. The predicted molar refractivity (Wildman–Crippen MR) is 65.8 cm³/mol. The summed E-state index contributed by atoms with van der Waals surface area (Å²) in [5.74, 6) is 0.365. The van der Waals surface area contributed by atoms with Gasteiger partial charge in [0.25, 0.3) is 5.69 Å². The molecule has 1 heterocycles. The van der Waals surface area contributed by atoms with Crippen LogP contribution in [0.1, 0.15) is 0 Å². The Balaban J connectivity index is 2.27. The van der Waals surface area contributed by atoms with E-state index in [0.717, 1.165) is 0 Å². The third-order valence-electron chi connectivity index (χ3n) is 2.18. The van der Waals surface area contributed by atoms with E-state index < -0.39 is 4.92 Å². The van der Waals surface area contributed by atoms with Crippen LogP contribution in [0, 0.1) is 10.1 Å². The number of nitrogens with zero attached hydrogens (tertiary/aromatic N) is 2. The Morgan fingerprint density at radius 1 is 1.44 bits per heavy atom. The van der Waals surface area contributed by atoms with Crippen LogP contribution in [0.4, 0.5) is 11.4 Å². The molecule has 1 aromatic rings. The normalized spacial score (nSPS) is 20.2. The molecule has 0 radical (unpaired) electrons. The molecule has 1 atom stereocenters. The molecule has 0 saturated carbocycles. The van der Waals surface area contributed by atoms with E-state index in [-0.39, 0.29) is 16.3 Å². The predicted octanol–water partition coefficient (Wildman–Crippen LogP) is 1.89. The van der Waals surface area contributed by atoms with Gasteiger partial charge in [0.05, 0.1) is 10.7 Å². The van der Waals surface area contributed by atoms with Crippen LogP contribution in [0.3, 0.4) is 0 Å². The lowest BCUT2D eigenvalue weighted by atomic mass is 10.2. The topological polar surface area (TPSA) is 63.5 Å². The molecule has 1 unspecified atom stereocenters. The number of nitro benzene ring substituents is 1. The van der Waals surface area contributed by atoms with Crippen LogP contribution in [0.5, 0.6) is 0 Å². The lowest BCUT2D eigenvalue weighted by Crippen LogP contribution is -2.29. The fourth-order valence-corrected chi connectivity index (χ4v) is 2.72. The first-order chi connectivity index (χ1) is 7.59. The van der Waals surface area contributed by atoms with E-state index in [1.54, 1.807) is 12.1 Å². The van der Waals surface area contributed by atoms with Crippen LogP contribution in [-0.4, -0.2) is 21.3 Å². The molecule has 5 nitrogen and oxygen atoms in total. The van der Waals surface area contributed by atoms with Gasteiger partial charge in [-0.05, 0) is 12.1 Å². The summed E-state index contributed by atoms with van der Waals surface area (Å²) in [6.07, 6.45) is 0. The molecule has 1 aliphatic heterocycles. The lowest BCUT2D eigenvalue weighted by Gasteiger charge is -2.19. The van der Waals surface area contributed by atoms with E-state index in [0.29, 0.717) is 11.4 Å². The van der Waals surface area contributed by atoms with Crippen LogP contribution < -0.4 is 4.90 Å². The minimum Gasteiger partial charge on any atom is -0.290 e. The van der Waals surface area contributed by atoms with E-state index in [2.05, 4.69) is 12.6 Å². The number of thiol groups is 1. The van der Waals surface area contributed by atoms with E-state index in [9.17, 15) is 14.9 Å². The van der Waals surface area contributed by atoms with Crippen molar-refractivity contribution in [3.05, 3.63) is 34.4 Å². The number of thioether (sulfide) groups is 1. The van der Waals surface area contributed by atoms with E-state index in [4.69, 9.17) is 0 Å². The van der Waals surface area contributed by atoms with Gasteiger partial charge in [0.15, 0.2) is 0 Å². The van der Waals surface area contributed by atoms with Gasteiger partial charge >= 0.3 is 0 Å². The van der Waals surface area contributed by atoms with Crippen LogP contribution in [-0.2, 0) is 4.79 Å². The maximum Gasteiger partial charge on any atom is 0.269 e. The van der Waals surface area contributed by atoms with Crippen molar-refractivity contribution in [2.24, 2.45) is 0 Å². The molecule has 0 aromatic heterocycles. The molecule has 1 aliphatic rings. The highest BCUT2D eigenvalue weighted by Crippen LogP contribution is 2.33. The number of anilines is 1. The largest absolute Gasteiger partial charge is 0.290 e. The zero-order chi connectivity index (χ0) is 11.7. The summed E-state index contributed by atoms with van der Waals surface area (Å²) in [6.45, 7) is 0. The Morgan fingerprint density at radius 2 is 2.06 bits per heavy atom. The third kappa shape index (κ3) is 2.00. The molecule has 0 bridgehead atoms. The van der Waals surface area contributed by atoms with Crippen LogP contribution in [0.15, 0.2) is 24.3 Å². The summed E-state index contributed by atoms with van der Waals surface area (Å²) < 4.78 is -0.214. The van der Waals surface area contributed by atoms with E-state index >= 15 is 0 Å². The van der Waals surface area contributed by atoms with Gasteiger partial charge in [0, 0.05) is 17.8 Å². The SMILES string of the molecule is O=C1CSC(S)N1c1ccc([N+](=O)[O-])cc1. The Labute approximate surface area is 101 Å². The third-order valence-corrected chi connectivity index (χ3v) is 3.78. The van der Waals surface area contributed by atoms with Crippen LogP contribution >= 0.6 is 24.4 Å². The maximum absolute atomic E-state index is 11.5. The van der Waals surface area contributed by atoms with Crippen molar-refractivity contribution in [3.8, 4) is 0 Å². The zero-order valence-electron chi connectivity index (χ0n) is 8.07. The molecule has 16 heavy (non-hydrogen) atoms. The molecule has 84 valence electrons. The number of carbonyl (C=O) groups is 1. The molecule has 0 spiro atoms. The van der Waals surface area contributed by atoms with Crippen molar-refractivity contribution in [1.29, 1.82) is 0 Å². The maximum atomic E-state index is 11.5. The fraction of sp³-hybridized carbons (Fsp3) is 0.222. The highest BCUT2D eigenvalue weighted by atomic mass is 32.2. The van der Waals surface area contributed by atoms with E-state index in [1.807, 2.05) is 0 Å². The van der Waals surface area contributed by atoms with Gasteiger partial charge in [-0.25, -0.2) is 0 Å². The minimum absolute atomic E-state index is 0.0127. The molecule has 1 aromatic carbocycles. The molecule has 1 amide bonds. The van der Waals surface area contributed by atoms with E-state index in [1.165, 1.54) is 28.8 Å². The average Bonchev–Trinajstić information content (AvgIpc) is 2.59. The first kappa shape index (κ1) is 11.3. The van der Waals surface area contributed by atoms with Gasteiger partial charge in [0.1, 0.15) is 4.71 Å². The summed E-state index contributed by atoms with van der Waals surface area (Å²) in [6, 6.07) is 5.88. The first-order valence-corrected chi connectivity index (χ1v) is 6.02. The van der Waals surface area contributed by atoms with Crippen molar-refractivity contribution < 1.29 is 9.72 Å². The molecule has 0 aliphatic carbocycles. The summed E-state index contributed by atoms with van der Waals surface area (Å²) in [5.41, 5.74) is 0.652. The number of non-ortho nitro benzene ring substituents is 1. The van der Waals surface area contributed by atoms with Gasteiger partial charge in [-0.2, -0.15) is 0 Å². The summed E-state index contributed by atoms with van der Waals surface area (Å²) in [7, 11) is 0. The minimum atomic E-state index is -0.470. The Kier molecular flexibility index (Phi) is 3.06. The van der Waals surface area contributed by atoms with Gasteiger partial charge in [-0.15, -0.1) is 24.4 Å². The molecule has 1 saturated heterocycles. The molecule has 0 N–H and O–H groups in total. The quantitative estimate of drug-likeness (QED) is 0.498. The Hall–Kier alpha value is -1.21. The number of carbonyl (C=O) groups excluding carboxylic acids is 1. The second-order valence-corrected chi connectivity index (χ2v) is 5.08. The Morgan fingerprint density at radius 3 is 2.50 bits per heavy atom. The van der Waals surface area contributed by atoms with Crippen molar-refractivity contribution in [2.75, 3.05) is 10.7 Å². The van der Waals surface area contributed by atoms with Crippen LogP contribution in [0.25, 0.3) is 0 Å². The second kappa shape index (κ2) is 4.34.